The molecule has 0 saturated heterocycles. The van der Waals surface area contributed by atoms with E-state index in [2.05, 4.69) is 37.9 Å². The first kappa shape index (κ1) is 22.3. The fourth-order valence-corrected chi connectivity index (χ4v) is 3.54. The molecule has 156 valence electrons. The van der Waals surface area contributed by atoms with Crippen molar-refractivity contribution in [2.75, 3.05) is 24.3 Å². The van der Waals surface area contributed by atoms with E-state index in [1.54, 1.807) is 0 Å². The van der Waals surface area contributed by atoms with Gasteiger partial charge in [0.2, 0.25) is 11.8 Å². The Morgan fingerprint density at radius 1 is 1.11 bits per heavy atom. The highest BCUT2D eigenvalue weighted by Gasteiger charge is 2.30. The van der Waals surface area contributed by atoms with E-state index in [1.807, 2.05) is 37.2 Å². The first-order chi connectivity index (χ1) is 13.3. The minimum atomic E-state index is 0.0644. The summed E-state index contributed by atoms with van der Waals surface area (Å²) in [5.41, 5.74) is 2.96. The van der Waals surface area contributed by atoms with Gasteiger partial charge in [0.1, 0.15) is 0 Å². The second kappa shape index (κ2) is 9.94. The lowest BCUT2D eigenvalue weighted by atomic mass is 9.99. The number of carbonyl (C=O) groups is 2. The third-order valence-corrected chi connectivity index (χ3v) is 5.86. The molecule has 1 aliphatic rings. The van der Waals surface area contributed by atoms with Gasteiger partial charge in [0.15, 0.2) is 0 Å². The zero-order valence-electron chi connectivity index (χ0n) is 18.4. The lowest BCUT2D eigenvalue weighted by molar-refractivity contribution is -0.138. The number of hydrogen-bond acceptors (Lipinski definition) is 3. The van der Waals surface area contributed by atoms with Crippen LogP contribution in [-0.4, -0.2) is 36.9 Å². The standard InChI is InChI=1S/C23H37N3O2/c1-7-16(4)26(23(28)17(8-2)9-3)15-19-14-20(12-13-21(19)25(5)6)24-22(27)18-10-11-18/h12-14,16-18H,7-11,15H2,1-6H3,(H,24,27)/t16-/m0/s1. The molecule has 1 aromatic rings. The molecular weight excluding hydrogens is 350 g/mol. The fraction of sp³-hybridized carbons (Fsp3) is 0.652. The van der Waals surface area contributed by atoms with Crippen molar-refractivity contribution >= 4 is 23.2 Å². The zero-order chi connectivity index (χ0) is 20.8. The van der Waals surface area contributed by atoms with Crippen LogP contribution in [0.1, 0.15) is 65.4 Å². The number of rotatable bonds is 10. The van der Waals surface area contributed by atoms with Crippen LogP contribution in [0.15, 0.2) is 18.2 Å². The third kappa shape index (κ3) is 5.49. The first-order valence-electron chi connectivity index (χ1n) is 10.7. The lowest BCUT2D eigenvalue weighted by Crippen LogP contribution is -2.41. The van der Waals surface area contributed by atoms with E-state index in [4.69, 9.17) is 0 Å². The molecule has 5 heteroatoms. The molecule has 2 rings (SSSR count). The Bertz CT molecular complexity index is 678. The molecule has 0 bridgehead atoms. The highest BCUT2D eigenvalue weighted by atomic mass is 16.2. The van der Waals surface area contributed by atoms with Crippen molar-refractivity contribution in [3.8, 4) is 0 Å². The Balaban J connectivity index is 2.31. The second-order valence-electron chi connectivity index (χ2n) is 8.24. The molecule has 0 aliphatic heterocycles. The van der Waals surface area contributed by atoms with E-state index in [-0.39, 0.29) is 29.7 Å². The average molecular weight is 388 g/mol. The van der Waals surface area contributed by atoms with Crippen LogP contribution < -0.4 is 10.2 Å². The summed E-state index contributed by atoms with van der Waals surface area (Å²) >= 11 is 0. The molecule has 0 aromatic heterocycles. The predicted octanol–water partition coefficient (Wildman–Crippen LogP) is 4.66. The second-order valence-corrected chi connectivity index (χ2v) is 8.24. The SMILES string of the molecule is CCC(CC)C(=O)N(Cc1cc(NC(=O)C2CC2)ccc1N(C)C)[C@@H](C)CC. The normalized spacial score (nSPS) is 14.7. The van der Waals surface area contributed by atoms with Crippen LogP contribution in [-0.2, 0) is 16.1 Å². The molecule has 5 nitrogen and oxygen atoms in total. The van der Waals surface area contributed by atoms with Crippen molar-refractivity contribution in [3.05, 3.63) is 23.8 Å². The molecule has 1 fully saturated rings. The van der Waals surface area contributed by atoms with Gasteiger partial charge in [-0.2, -0.15) is 0 Å². The van der Waals surface area contributed by atoms with E-state index in [0.29, 0.717) is 6.54 Å². The van der Waals surface area contributed by atoms with E-state index < -0.39 is 0 Å². The summed E-state index contributed by atoms with van der Waals surface area (Å²) in [4.78, 5) is 29.5. The van der Waals surface area contributed by atoms with E-state index in [0.717, 1.165) is 49.0 Å². The Labute approximate surface area is 170 Å². The van der Waals surface area contributed by atoms with Gasteiger partial charge in [0.25, 0.3) is 0 Å². The van der Waals surface area contributed by atoms with Crippen molar-refractivity contribution in [3.63, 3.8) is 0 Å². The van der Waals surface area contributed by atoms with Gasteiger partial charge in [0, 0.05) is 49.9 Å². The van der Waals surface area contributed by atoms with Gasteiger partial charge in [-0.25, -0.2) is 0 Å². The molecular formula is C23H37N3O2. The minimum Gasteiger partial charge on any atom is -0.377 e. The van der Waals surface area contributed by atoms with Gasteiger partial charge in [-0.15, -0.1) is 0 Å². The minimum absolute atomic E-state index is 0.0644. The summed E-state index contributed by atoms with van der Waals surface area (Å²) in [6, 6.07) is 6.20. The number of nitrogens with one attached hydrogen (secondary N) is 1. The van der Waals surface area contributed by atoms with Gasteiger partial charge in [-0.05, 0) is 62.8 Å². The molecule has 1 saturated carbocycles. The van der Waals surface area contributed by atoms with Crippen LogP contribution in [0.5, 0.6) is 0 Å². The maximum absolute atomic E-state index is 13.2. The summed E-state index contributed by atoms with van der Waals surface area (Å²) < 4.78 is 0. The Kier molecular flexibility index (Phi) is 7.90. The topological polar surface area (TPSA) is 52.7 Å². The van der Waals surface area contributed by atoms with Crippen LogP contribution >= 0.6 is 0 Å². The number of nitrogens with zero attached hydrogens (tertiary/aromatic N) is 2. The highest BCUT2D eigenvalue weighted by Crippen LogP contribution is 2.31. The molecule has 0 radical (unpaired) electrons. The first-order valence-corrected chi connectivity index (χ1v) is 10.7. The highest BCUT2D eigenvalue weighted by molar-refractivity contribution is 5.94. The predicted molar refractivity (Wildman–Crippen MR) is 116 cm³/mol. The summed E-state index contributed by atoms with van der Waals surface area (Å²) in [5.74, 6) is 0.575. The Morgan fingerprint density at radius 2 is 1.75 bits per heavy atom. The molecule has 0 spiro atoms. The van der Waals surface area contributed by atoms with Crippen LogP contribution in [0.3, 0.4) is 0 Å². The van der Waals surface area contributed by atoms with Crippen molar-refractivity contribution < 1.29 is 9.59 Å². The van der Waals surface area contributed by atoms with Gasteiger partial charge >= 0.3 is 0 Å². The summed E-state index contributed by atoms with van der Waals surface area (Å²) in [5, 5.41) is 3.04. The number of benzene rings is 1. The molecule has 1 aromatic carbocycles. The van der Waals surface area contributed by atoms with Gasteiger partial charge in [-0.1, -0.05) is 20.8 Å². The van der Waals surface area contributed by atoms with Crippen molar-refractivity contribution in [1.29, 1.82) is 0 Å². The average Bonchev–Trinajstić information content (AvgIpc) is 3.51. The van der Waals surface area contributed by atoms with E-state index in [9.17, 15) is 9.59 Å². The quantitative estimate of drug-likeness (QED) is 0.635. The molecule has 0 unspecified atom stereocenters. The largest absolute Gasteiger partial charge is 0.377 e. The zero-order valence-corrected chi connectivity index (χ0v) is 18.4. The van der Waals surface area contributed by atoms with Crippen molar-refractivity contribution in [2.24, 2.45) is 11.8 Å². The molecule has 2 amide bonds. The molecule has 1 aliphatic carbocycles. The third-order valence-electron chi connectivity index (χ3n) is 5.86. The molecule has 1 atom stereocenters. The smallest absolute Gasteiger partial charge is 0.227 e. The lowest BCUT2D eigenvalue weighted by Gasteiger charge is -2.33. The number of amides is 2. The molecule has 28 heavy (non-hydrogen) atoms. The van der Waals surface area contributed by atoms with Crippen molar-refractivity contribution in [1.82, 2.24) is 4.90 Å². The number of hydrogen-bond donors (Lipinski definition) is 1. The Morgan fingerprint density at radius 3 is 2.25 bits per heavy atom. The summed E-state index contributed by atoms with van der Waals surface area (Å²) in [6.07, 6.45) is 4.61. The summed E-state index contributed by atoms with van der Waals surface area (Å²) in [6.45, 7) is 8.97. The fourth-order valence-electron chi connectivity index (χ4n) is 3.54. The maximum atomic E-state index is 13.2. The van der Waals surface area contributed by atoms with Crippen molar-refractivity contribution in [2.45, 2.75) is 72.4 Å². The monoisotopic (exact) mass is 387 g/mol. The van der Waals surface area contributed by atoms with Crippen LogP contribution in [0.25, 0.3) is 0 Å². The van der Waals surface area contributed by atoms with Crippen LogP contribution in [0, 0.1) is 11.8 Å². The van der Waals surface area contributed by atoms with Gasteiger partial charge in [0.05, 0.1) is 0 Å². The Hall–Kier alpha value is -2.04. The van der Waals surface area contributed by atoms with Gasteiger partial charge < -0.3 is 15.1 Å². The molecule has 1 N–H and O–H groups in total. The van der Waals surface area contributed by atoms with Gasteiger partial charge in [-0.3, -0.25) is 9.59 Å². The number of carbonyl (C=O) groups excluding carboxylic acids is 2. The van der Waals surface area contributed by atoms with E-state index >= 15 is 0 Å². The summed E-state index contributed by atoms with van der Waals surface area (Å²) in [7, 11) is 4.02. The van der Waals surface area contributed by atoms with E-state index in [1.165, 1.54) is 0 Å². The van der Waals surface area contributed by atoms with Crippen LogP contribution in [0.4, 0.5) is 11.4 Å². The van der Waals surface area contributed by atoms with Crippen LogP contribution in [0.2, 0.25) is 0 Å². The molecule has 0 heterocycles. The maximum Gasteiger partial charge on any atom is 0.227 e. The number of anilines is 2.